The second-order valence-corrected chi connectivity index (χ2v) is 4.22. The third kappa shape index (κ3) is 2.02. The number of anilines is 1. The van der Waals surface area contributed by atoms with Crippen molar-refractivity contribution in [2.45, 2.75) is 6.10 Å². The number of fused-ring (bicyclic) bond motifs is 1. The highest BCUT2D eigenvalue weighted by atomic mass is 16.5. The number of ether oxygens (including phenoxy) is 1. The highest BCUT2D eigenvalue weighted by Gasteiger charge is 2.28. The van der Waals surface area contributed by atoms with E-state index >= 15 is 0 Å². The Morgan fingerprint density at radius 1 is 1.16 bits per heavy atom. The van der Waals surface area contributed by atoms with E-state index < -0.39 is 6.10 Å². The summed E-state index contributed by atoms with van der Waals surface area (Å²) in [7, 11) is 0. The molecular formula is C15H10N2O2. The summed E-state index contributed by atoms with van der Waals surface area (Å²) in [6.07, 6.45) is -0.678. The number of carbonyl (C=O) groups excluding carboxylic acids is 1. The molecule has 1 atom stereocenters. The van der Waals surface area contributed by atoms with Gasteiger partial charge in [-0.05, 0) is 12.1 Å². The fourth-order valence-electron chi connectivity index (χ4n) is 2.02. The maximum absolute atomic E-state index is 12.0. The lowest BCUT2D eigenvalue weighted by atomic mass is 10.1. The van der Waals surface area contributed by atoms with Crippen molar-refractivity contribution in [1.82, 2.24) is 0 Å². The van der Waals surface area contributed by atoms with Crippen LogP contribution in [0, 0.1) is 11.3 Å². The van der Waals surface area contributed by atoms with Gasteiger partial charge in [-0.2, -0.15) is 5.26 Å². The van der Waals surface area contributed by atoms with Crippen LogP contribution in [0.15, 0.2) is 48.5 Å². The number of carbonyl (C=O) groups is 1. The quantitative estimate of drug-likeness (QED) is 0.846. The zero-order valence-corrected chi connectivity index (χ0v) is 9.96. The van der Waals surface area contributed by atoms with E-state index in [1.54, 1.807) is 18.2 Å². The summed E-state index contributed by atoms with van der Waals surface area (Å²) < 4.78 is 5.71. The van der Waals surface area contributed by atoms with Crippen molar-refractivity contribution in [3.63, 3.8) is 0 Å². The molecule has 0 aromatic heterocycles. The average molecular weight is 250 g/mol. The van der Waals surface area contributed by atoms with Crippen LogP contribution in [-0.2, 0) is 4.79 Å². The zero-order chi connectivity index (χ0) is 13.2. The van der Waals surface area contributed by atoms with E-state index in [0.717, 1.165) is 5.56 Å². The molecule has 0 spiro atoms. The summed E-state index contributed by atoms with van der Waals surface area (Å²) in [5, 5.41) is 11.7. The second-order valence-electron chi connectivity index (χ2n) is 4.22. The van der Waals surface area contributed by atoms with Gasteiger partial charge >= 0.3 is 0 Å². The SMILES string of the molecule is N#Cc1ccc2c(c1)OC(c1ccccc1)C(=O)N2. The van der Waals surface area contributed by atoms with E-state index in [9.17, 15) is 4.79 Å². The first-order chi connectivity index (χ1) is 9.28. The van der Waals surface area contributed by atoms with Gasteiger partial charge in [0.15, 0.2) is 0 Å². The molecule has 92 valence electrons. The molecule has 1 aliphatic heterocycles. The Kier molecular flexibility index (Phi) is 2.66. The van der Waals surface area contributed by atoms with Crippen molar-refractivity contribution in [3.05, 3.63) is 59.7 Å². The molecule has 0 radical (unpaired) electrons. The monoisotopic (exact) mass is 250 g/mol. The van der Waals surface area contributed by atoms with Crippen LogP contribution in [0.25, 0.3) is 0 Å². The first-order valence-corrected chi connectivity index (χ1v) is 5.84. The summed E-state index contributed by atoms with van der Waals surface area (Å²) in [4.78, 5) is 12.0. The summed E-state index contributed by atoms with van der Waals surface area (Å²) in [6, 6.07) is 16.3. The minimum absolute atomic E-state index is 0.205. The summed E-state index contributed by atoms with van der Waals surface area (Å²) >= 11 is 0. The van der Waals surface area contributed by atoms with E-state index in [1.165, 1.54) is 0 Å². The minimum atomic E-state index is -0.678. The molecule has 0 fully saturated rings. The number of hydrogen-bond donors (Lipinski definition) is 1. The third-order valence-corrected chi connectivity index (χ3v) is 2.95. The van der Waals surface area contributed by atoms with E-state index in [1.807, 2.05) is 30.3 Å². The van der Waals surface area contributed by atoms with Gasteiger partial charge in [-0.1, -0.05) is 30.3 Å². The maximum Gasteiger partial charge on any atom is 0.270 e. The lowest BCUT2D eigenvalue weighted by molar-refractivity contribution is -0.123. The molecule has 0 bridgehead atoms. The lowest BCUT2D eigenvalue weighted by Crippen LogP contribution is -2.30. The fraction of sp³-hybridized carbons (Fsp3) is 0.0667. The molecule has 0 saturated carbocycles. The number of rotatable bonds is 1. The lowest BCUT2D eigenvalue weighted by Gasteiger charge is -2.26. The van der Waals surface area contributed by atoms with Gasteiger partial charge in [0, 0.05) is 11.6 Å². The Labute approximate surface area is 110 Å². The number of hydrogen-bond acceptors (Lipinski definition) is 3. The van der Waals surface area contributed by atoms with Gasteiger partial charge in [0.1, 0.15) is 5.75 Å². The number of nitrogens with one attached hydrogen (secondary N) is 1. The van der Waals surface area contributed by atoms with Gasteiger partial charge in [0.2, 0.25) is 6.10 Å². The smallest absolute Gasteiger partial charge is 0.270 e. The molecule has 0 aliphatic carbocycles. The Balaban J connectivity index is 1.99. The Hall–Kier alpha value is -2.80. The van der Waals surface area contributed by atoms with Crippen molar-refractivity contribution in [1.29, 1.82) is 5.26 Å². The minimum Gasteiger partial charge on any atom is -0.474 e. The Bertz CT molecular complexity index is 674. The molecule has 19 heavy (non-hydrogen) atoms. The van der Waals surface area contributed by atoms with Gasteiger partial charge in [-0.3, -0.25) is 4.79 Å². The highest BCUT2D eigenvalue weighted by molar-refractivity contribution is 5.98. The van der Waals surface area contributed by atoms with Crippen molar-refractivity contribution in [2.24, 2.45) is 0 Å². The number of nitriles is 1. The molecular weight excluding hydrogens is 240 g/mol. The van der Waals surface area contributed by atoms with Crippen LogP contribution in [0.3, 0.4) is 0 Å². The second kappa shape index (κ2) is 4.46. The van der Waals surface area contributed by atoms with Crippen molar-refractivity contribution in [3.8, 4) is 11.8 Å². The Morgan fingerprint density at radius 2 is 1.95 bits per heavy atom. The summed E-state index contributed by atoms with van der Waals surface area (Å²) in [6.45, 7) is 0. The van der Waals surface area contributed by atoms with Crippen LogP contribution >= 0.6 is 0 Å². The first kappa shape index (κ1) is 11.3. The van der Waals surface area contributed by atoms with Gasteiger partial charge < -0.3 is 10.1 Å². The van der Waals surface area contributed by atoms with Crippen LogP contribution in [0.4, 0.5) is 5.69 Å². The van der Waals surface area contributed by atoms with Gasteiger partial charge in [0.25, 0.3) is 5.91 Å². The molecule has 1 aliphatic rings. The molecule has 0 saturated heterocycles. The fourth-order valence-corrected chi connectivity index (χ4v) is 2.02. The predicted octanol–water partition coefficient (Wildman–Crippen LogP) is 2.63. The normalized spacial score (nSPS) is 16.8. The van der Waals surface area contributed by atoms with Crippen LogP contribution in [-0.4, -0.2) is 5.91 Å². The molecule has 4 nitrogen and oxygen atoms in total. The van der Waals surface area contributed by atoms with Crippen LogP contribution < -0.4 is 10.1 Å². The van der Waals surface area contributed by atoms with Crippen LogP contribution in [0.1, 0.15) is 17.2 Å². The largest absolute Gasteiger partial charge is 0.474 e. The molecule has 1 amide bonds. The zero-order valence-electron chi connectivity index (χ0n) is 9.96. The van der Waals surface area contributed by atoms with Gasteiger partial charge in [-0.25, -0.2) is 0 Å². The molecule has 3 rings (SSSR count). The highest BCUT2D eigenvalue weighted by Crippen LogP contribution is 2.35. The summed E-state index contributed by atoms with van der Waals surface area (Å²) in [5.41, 5.74) is 1.88. The van der Waals surface area contributed by atoms with E-state index in [2.05, 4.69) is 11.4 Å². The molecule has 2 aromatic carbocycles. The standard InChI is InChI=1S/C15H10N2O2/c16-9-10-6-7-12-13(8-10)19-14(15(18)17-12)11-4-2-1-3-5-11/h1-8,14H,(H,17,18). The number of nitrogens with zero attached hydrogens (tertiary/aromatic N) is 1. The van der Waals surface area contributed by atoms with Crippen molar-refractivity contribution in [2.75, 3.05) is 5.32 Å². The molecule has 1 N–H and O–H groups in total. The van der Waals surface area contributed by atoms with Crippen LogP contribution in [0.5, 0.6) is 5.75 Å². The molecule has 2 aromatic rings. The maximum atomic E-state index is 12.0. The van der Waals surface area contributed by atoms with Crippen LogP contribution in [0.2, 0.25) is 0 Å². The first-order valence-electron chi connectivity index (χ1n) is 5.84. The Morgan fingerprint density at radius 3 is 2.68 bits per heavy atom. The van der Waals surface area contributed by atoms with Gasteiger partial charge in [0.05, 0.1) is 17.3 Å². The van der Waals surface area contributed by atoms with E-state index in [4.69, 9.17) is 10.00 Å². The summed E-state index contributed by atoms with van der Waals surface area (Å²) in [5.74, 6) is 0.316. The predicted molar refractivity (Wildman–Crippen MR) is 69.6 cm³/mol. The van der Waals surface area contributed by atoms with Crippen molar-refractivity contribution < 1.29 is 9.53 Å². The van der Waals surface area contributed by atoms with Crippen molar-refractivity contribution >= 4 is 11.6 Å². The molecule has 4 heteroatoms. The van der Waals surface area contributed by atoms with E-state index in [0.29, 0.717) is 17.0 Å². The number of amides is 1. The third-order valence-electron chi connectivity index (χ3n) is 2.95. The molecule has 1 unspecified atom stereocenters. The van der Waals surface area contributed by atoms with Gasteiger partial charge in [-0.15, -0.1) is 0 Å². The molecule has 1 heterocycles. The number of benzene rings is 2. The topological polar surface area (TPSA) is 62.1 Å². The van der Waals surface area contributed by atoms with E-state index in [-0.39, 0.29) is 5.91 Å². The average Bonchev–Trinajstić information content (AvgIpc) is 2.47.